The fraction of sp³-hybridized carbons (Fsp3) is 0.429. The lowest BCUT2D eigenvalue weighted by Gasteiger charge is -2.13. The molecule has 0 amide bonds. The van der Waals surface area contributed by atoms with Crippen LogP contribution in [0.4, 0.5) is 8.78 Å². The monoisotopic (exact) mass is 281 g/mol. The van der Waals surface area contributed by atoms with Crippen LogP contribution in [0.1, 0.15) is 31.3 Å². The molecule has 6 heteroatoms. The van der Waals surface area contributed by atoms with E-state index in [-0.39, 0.29) is 12.0 Å². The molecule has 1 heterocycles. The second-order valence-corrected chi connectivity index (χ2v) is 5.17. The SMILES string of the molecule is CC(C)Cn1ncnc1CC(O)c1cc(F)cc(F)c1. The lowest BCUT2D eigenvalue weighted by molar-refractivity contribution is 0.172. The van der Waals surface area contributed by atoms with E-state index in [1.54, 1.807) is 4.68 Å². The zero-order valence-electron chi connectivity index (χ0n) is 11.4. The summed E-state index contributed by atoms with van der Waals surface area (Å²) >= 11 is 0. The summed E-state index contributed by atoms with van der Waals surface area (Å²) in [6.45, 7) is 4.77. The average Bonchev–Trinajstić information content (AvgIpc) is 2.74. The summed E-state index contributed by atoms with van der Waals surface area (Å²) < 4.78 is 28.0. The average molecular weight is 281 g/mol. The molecule has 0 radical (unpaired) electrons. The van der Waals surface area contributed by atoms with Gasteiger partial charge in [-0.3, -0.25) is 0 Å². The van der Waals surface area contributed by atoms with Crippen molar-refractivity contribution in [3.63, 3.8) is 0 Å². The Labute approximate surface area is 116 Å². The third-order valence-electron chi connectivity index (χ3n) is 2.88. The lowest BCUT2D eigenvalue weighted by atomic mass is 10.1. The van der Waals surface area contributed by atoms with Crippen molar-refractivity contribution in [1.82, 2.24) is 14.8 Å². The van der Waals surface area contributed by atoms with Gasteiger partial charge in [-0.1, -0.05) is 13.8 Å². The van der Waals surface area contributed by atoms with Gasteiger partial charge < -0.3 is 5.11 Å². The molecule has 0 aliphatic heterocycles. The summed E-state index contributed by atoms with van der Waals surface area (Å²) in [6.07, 6.45) is 0.557. The van der Waals surface area contributed by atoms with E-state index in [0.29, 0.717) is 18.3 Å². The van der Waals surface area contributed by atoms with Crippen molar-refractivity contribution in [2.24, 2.45) is 5.92 Å². The number of benzene rings is 1. The smallest absolute Gasteiger partial charge is 0.138 e. The van der Waals surface area contributed by atoms with Gasteiger partial charge in [0.25, 0.3) is 0 Å². The van der Waals surface area contributed by atoms with Gasteiger partial charge in [0.05, 0.1) is 6.10 Å². The fourth-order valence-electron chi connectivity index (χ4n) is 2.00. The minimum atomic E-state index is -1.02. The molecule has 0 saturated heterocycles. The number of nitrogens with zero attached hydrogens (tertiary/aromatic N) is 3. The van der Waals surface area contributed by atoms with Crippen LogP contribution in [0.5, 0.6) is 0 Å². The minimum Gasteiger partial charge on any atom is -0.388 e. The van der Waals surface area contributed by atoms with E-state index in [1.165, 1.54) is 6.33 Å². The highest BCUT2D eigenvalue weighted by atomic mass is 19.1. The van der Waals surface area contributed by atoms with E-state index in [9.17, 15) is 13.9 Å². The second kappa shape index (κ2) is 6.09. The van der Waals surface area contributed by atoms with Crippen molar-refractivity contribution in [2.75, 3.05) is 0 Å². The molecule has 108 valence electrons. The van der Waals surface area contributed by atoms with Crippen molar-refractivity contribution in [2.45, 2.75) is 32.9 Å². The maximum atomic E-state index is 13.1. The van der Waals surface area contributed by atoms with Crippen LogP contribution in [-0.2, 0) is 13.0 Å². The third kappa shape index (κ3) is 3.60. The van der Waals surface area contributed by atoms with Crippen LogP contribution in [0, 0.1) is 17.6 Å². The van der Waals surface area contributed by atoms with Crippen molar-refractivity contribution >= 4 is 0 Å². The summed E-state index contributed by atoms with van der Waals surface area (Å²) in [5, 5.41) is 14.2. The quantitative estimate of drug-likeness (QED) is 0.916. The predicted octanol–water partition coefficient (Wildman–Crippen LogP) is 2.49. The first-order valence-electron chi connectivity index (χ1n) is 6.46. The molecular weight excluding hydrogens is 264 g/mol. The van der Waals surface area contributed by atoms with Crippen molar-refractivity contribution < 1.29 is 13.9 Å². The molecule has 4 nitrogen and oxygen atoms in total. The number of rotatable bonds is 5. The Hall–Kier alpha value is -1.82. The number of halogens is 2. The molecule has 1 N–H and O–H groups in total. The van der Waals surface area contributed by atoms with E-state index in [4.69, 9.17) is 0 Å². The molecule has 2 rings (SSSR count). The standard InChI is InChI=1S/C14H17F2N3O/c1-9(2)7-19-14(17-8-18-19)6-13(20)10-3-11(15)5-12(16)4-10/h3-5,8-9,13,20H,6-7H2,1-2H3. The Morgan fingerprint density at radius 1 is 1.20 bits per heavy atom. The first-order chi connectivity index (χ1) is 9.45. The normalized spacial score (nSPS) is 12.9. The molecule has 2 aromatic rings. The van der Waals surface area contributed by atoms with Gasteiger partial charge in [-0.05, 0) is 23.6 Å². The summed E-state index contributed by atoms with van der Waals surface area (Å²) in [7, 11) is 0. The molecule has 0 fully saturated rings. The van der Waals surface area contributed by atoms with E-state index >= 15 is 0 Å². The third-order valence-corrected chi connectivity index (χ3v) is 2.88. The number of hydrogen-bond donors (Lipinski definition) is 1. The van der Waals surface area contributed by atoms with Crippen molar-refractivity contribution in [3.8, 4) is 0 Å². The predicted molar refractivity (Wildman–Crippen MR) is 69.9 cm³/mol. The van der Waals surface area contributed by atoms with Gasteiger partial charge >= 0.3 is 0 Å². The molecule has 20 heavy (non-hydrogen) atoms. The van der Waals surface area contributed by atoms with Crippen molar-refractivity contribution in [1.29, 1.82) is 0 Å². The van der Waals surface area contributed by atoms with Gasteiger partial charge in [0.2, 0.25) is 0 Å². The Morgan fingerprint density at radius 2 is 1.85 bits per heavy atom. The number of hydrogen-bond acceptors (Lipinski definition) is 3. The van der Waals surface area contributed by atoms with E-state index in [1.807, 2.05) is 13.8 Å². The Morgan fingerprint density at radius 3 is 2.45 bits per heavy atom. The first kappa shape index (κ1) is 14.6. The molecule has 0 spiro atoms. The topological polar surface area (TPSA) is 50.9 Å². The van der Waals surface area contributed by atoms with Crippen molar-refractivity contribution in [3.05, 3.63) is 47.5 Å². The maximum Gasteiger partial charge on any atom is 0.138 e. The van der Waals surface area contributed by atoms with Crippen LogP contribution in [0.15, 0.2) is 24.5 Å². The van der Waals surface area contributed by atoms with Gasteiger partial charge in [0.15, 0.2) is 0 Å². The number of aliphatic hydroxyl groups excluding tert-OH is 1. The van der Waals surface area contributed by atoms with E-state index < -0.39 is 17.7 Å². The second-order valence-electron chi connectivity index (χ2n) is 5.17. The Bertz CT molecular complexity index is 563. The summed E-state index contributed by atoms with van der Waals surface area (Å²) in [4.78, 5) is 4.08. The van der Waals surface area contributed by atoms with Gasteiger partial charge in [-0.15, -0.1) is 0 Å². The highest BCUT2D eigenvalue weighted by Crippen LogP contribution is 2.19. The van der Waals surface area contributed by atoms with Gasteiger partial charge in [-0.25, -0.2) is 18.4 Å². The van der Waals surface area contributed by atoms with Crippen LogP contribution in [0.25, 0.3) is 0 Å². The molecule has 1 aromatic carbocycles. The Balaban J connectivity index is 2.15. The van der Waals surface area contributed by atoms with E-state index in [0.717, 1.165) is 18.2 Å². The molecule has 1 unspecified atom stereocenters. The van der Waals surface area contributed by atoms with Crippen LogP contribution in [-0.4, -0.2) is 19.9 Å². The van der Waals surface area contributed by atoms with Gasteiger partial charge in [-0.2, -0.15) is 5.10 Å². The highest BCUT2D eigenvalue weighted by molar-refractivity contribution is 5.21. The summed E-state index contributed by atoms with van der Waals surface area (Å²) in [5.41, 5.74) is 0.196. The molecule has 0 bridgehead atoms. The summed E-state index contributed by atoms with van der Waals surface area (Å²) in [6, 6.07) is 3.02. The van der Waals surface area contributed by atoms with E-state index in [2.05, 4.69) is 10.1 Å². The summed E-state index contributed by atoms with van der Waals surface area (Å²) in [5.74, 6) is -0.430. The zero-order chi connectivity index (χ0) is 14.7. The maximum absolute atomic E-state index is 13.1. The zero-order valence-corrected chi connectivity index (χ0v) is 11.4. The van der Waals surface area contributed by atoms with Gasteiger partial charge in [0, 0.05) is 19.0 Å². The largest absolute Gasteiger partial charge is 0.388 e. The molecule has 0 aliphatic carbocycles. The highest BCUT2D eigenvalue weighted by Gasteiger charge is 2.15. The van der Waals surface area contributed by atoms with Crippen LogP contribution in [0.3, 0.4) is 0 Å². The van der Waals surface area contributed by atoms with Gasteiger partial charge in [0.1, 0.15) is 23.8 Å². The molecule has 1 atom stereocenters. The first-order valence-corrected chi connectivity index (χ1v) is 6.46. The van der Waals surface area contributed by atoms with Crippen LogP contribution < -0.4 is 0 Å². The molecule has 1 aromatic heterocycles. The van der Waals surface area contributed by atoms with Crippen LogP contribution >= 0.6 is 0 Å². The minimum absolute atomic E-state index is 0.162. The molecule has 0 saturated carbocycles. The van der Waals surface area contributed by atoms with Crippen LogP contribution in [0.2, 0.25) is 0 Å². The Kier molecular flexibility index (Phi) is 4.44. The number of aromatic nitrogens is 3. The fourth-order valence-corrected chi connectivity index (χ4v) is 2.00. The molecular formula is C14H17F2N3O. The lowest BCUT2D eigenvalue weighted by Crippen LogP contribution is -2.13. The number of aliphatic hydroxyl groups is 1. The molecule has 0 aliphatic rings.